The molecule has 0 spiro atoms. The highest BCUT2D eigenvalue weighted by atomic mass is 15.0. The molecular weight excluding hydrogens is 548 g/mol. The summed E-state index contributed by atoms with van der Waals surface area (Å²) >= 11 is 0. The molecule has 10 aromatic rings. The van der Waals surface area contributed by atoms with E-state index in [1.807, 2.05) is 12.4 Å². The summed E-state index contributed by atoms with van der Waals surface area (Å²) in [7, 11) is 0. The molecule has 0 unspecified atom stereocenters. The summed E-state index contributed by atoms with van der Waals surface area (Å²) in [5.41, 5.74) is 10.5. The van der Waals surface area contributed by atoms with Gasteiger partial charge < -0.3 is 13.7 Å². The van der Waals surface area contributed by atoms with Crippen LogP contribution in [0.4, 0.5) is 0 Å². The highest BCUT2D eigenvalue weighted by molar-refractivity contribution is 6.12. The molecule has 0 saturated carbocycles. The molecule has 0 aliphatic carbocycles. The van der Waals surface area contributed by atoms with Crippen LogP contribution < -0.4 is 0 Å². The lowest BCUT2D eigenvalue weighted by Crippen LogP contribution is -1.99. The number of rotatable bonds is 3. The van der Waals surface area contributed by atoms with Crippen molar-refractivity contribution < 1.29 is 0 Å². The molecular formula is C41H26N4. The summed E-state index contributed by atoms with van der Waals surface area (Å²) in [5.74, 6) is 0. The fourth-order valence-electron chi connectivity index (χ4n) is 7.44. The van der Waals surface area contributed by atoms with Crippen molar-refractivity contribution in [1.29, 1.82) is 0 Å². The average Bonchev–Trinajstić information content (AvgIpc) is 3.74. The van der Waals surface area contributed by atoms with Gasteiger partial charge in [-0.25, -0.2) is 0 Å². The minimum absolute atomic E-state index is 1.12. The maximum absolute atomic E-state index is 4.56. The SMILES string of the molecule is c1cc(-n2c3ccccc3c3ccccc32)cc(-n2c3ccncc3c3cc(-n4c5ccccc5c5ccccc54)ccc32)c1. The Labute approximate surface area is 258 Å². The van der Waals surface area contributed by atoms with E-state index in [0.717, 1.165) is 33.5 Å². The minimum Gasteiger partial charge on any atom is -0.309 e. The van der Waals surface area contributed by atoms with Crippen LogP contribution in [0.5, 0.6) is 0 Å². The van der Waals surface area contributed by atoms with Crippen LogP contribution in [0.15, 0.2) is 158 Å². The molecule has 0 radical (unpaired) electrons. The highest BCUT2D eigenvalue weighted by Crippen LogP contribution is 2.38. The van der Waals surface area contributed by atoms with Crippen molar-refractivity contribution in [1.82, 2.24) is 18.7 Å². The molecule has 0 aliphatic rings. The lowest BCUT2D eigenvalue weighted by molar-refractivity contribution is 1.13. The molecule has 0 N–H and O–H groups in total. The van der Waals surface area contributed by atoms with E-state index in [2.05, 4.69) is 164 Å². The molecule has 10 rings (SSSR count). The summed E-state index contributed by atoms with van der Waals surface area (Å²) < 4.78 is 7.13. The Morgan fingerprint density at radius 3 is 1.24 bits per heavy atom. The smallest absolute Gasteiger partial charge is 0.0571 e. The summed E-state index contributed by atoms with van der Waals surface area (Å²) in [6.07, 6.45) is 3.89. The van der Waals surface area contributed by atoms with Crippen LogP contribution in [0, 0.1) is 0 Å². The molecule has 45 heavy (non-hydrogen) atoms. The van der Waals surface area contributed by atoms with E-state index < -0.39 is 0 Å². The van der Waals surface area contributed by atoms with Gasteiger partial charge in [-0.2, -0.15) is 0 Å². The second-order valence-corrected chi connectivity index (χ2v) is 11.7. The van der Waals surface area contributed by atoms with Gasteiger partial charge in [0, 0.05) is 61.8 Å². The zero-order valence-corrected chi connectivity index (χ0v) is 24.3. The minimum atomic E-state index is 1.12. The molecule has 4 heteroatoms. The molecule has 6 aromatic carbocycles. The Balaban J connectivity index is 1.22. The zero-order valence-electron chi connectivity index (χ0n) is 24.3. The van der Waals surface area contributed by atoms with Gasteiger partial charge in [-0.3, -0.25) is 4.98 Å². The number of nitrogens with zero attached hydrogens (tertiary/aromatic N) is 4. The summed E-state index contributed by atoms with van der Waals surface area (Å²) in [4.78, 5) is 4.56. The van der Waals surface area contributed by atoms with Crippen LogP contribution in [-0.2, 0) is 0 Å². The molecule has 210 valence electrons. The Morgan fingerprint density at radius 1 is 0.311 bits per heavy atom. The zero-order chi connectivity index (χ0) is 29.5. The van der Waals surface area contributed by atoms with Gasteiger partial charge in [-0.15, -0.1) is 0 Å². The quantitative estimate of drug-likeness (QED) is 0.206. The van der Waals surface area contributed by atoms with Gasteiger partial charge >= 0.3 is 0 Å². The molecule has 0 saturated heterocycles. The van der Waals surface area contributed by atoms with Gasteiger partial charge in [0.15, 0.2) is 0 Å². The first-order valence-electron chi connectivity index (χ1n) is 15.3. The third-order valence-corrected chi connectivity index (χ3v) is 9.31. The van der Waals surface area contributed by atoms with Crippen LogP contribution in [0.25, 0.3) is 82.5 Å². The maximum Gasteiger partial charge on any atom is 0.0571 e. The number of hydrogen-bond acceptors (Lipinski definition) is 1. The van der Waals surface area contributed by atoms with Crippen molar-refractivity contribution in [3.63, 3.8) is 0 Å². The Hall–Kier alpha value is -6.13. The van der Waals surface area contributed by atoms with E-state index in [-0.39, 0.29) is 0 Å². The maximum atomic E-state index is 4.56. The van der Waals surface area contributed by atoms with Crippen LogP contribution in [0.1, 0.15) is 0 Å². The fourth-order valence-corrected chi connectivity index (χ4v) is 7.44. The molecule has 0 aliphatic heterocycles. The molecule has 0 atom stereocenters. The Morgan fingerprint density at radius 2 is 0.733 bits per heavy atom. The fraction of sp³-hybridized carbons (Fsp3) is 0. The summed E-state index contributed by atoms with van der Waals surface area (Å²) in [6.45, 7) is 0. The number of pyridine rings is 1. The highest BCUT2D eigenvalue weighted by Gasteiger charge is 2.17. The predicted octanol–water partition coefficient (Wildman–Crippen LogP) is 10.4. The number of fused-ring (bicyclic) bond motifs is 9. The second kappa shape index (κ2) is 9.18. The van der Waals surface area contributed by atoms with Crippen molar-refractivity contribution >= 4 is 65.4 Å². The topological polar surface area (TPSA) is 27.7 Å². The summed E-state index contributed by atoms with van der Waals surface area (Å²) in [6, 6.07) is 52.5. The Kier molecular flexibility index (Phi) is 4.96. The molecule has 0 fully saturated rings. The van der Waals surface area contributed by atoms with Crippen molar-refractivity contribution in [3.05, 3.63) is 158 Å². The van der Waals surface area contributed by atoms with E-state index in [1.165, 1.54) is 49.0 Å². The van der Waals surface area contributed by atoms with Crippen molar-refractivity contribution in [2.45, 2.75) is 0 Å². The number of aromatic nitrogens is 4. The third kappa shape index (κ3) is 3.39. The normalized spacial score (nSPS) is 12.0. The third-order valence-electron chi connectivity index (χ3n) is 9.31. The van der Waals surface area contributed by atoms with Gasteiger partial charge in [0.25, 0.3) is 0 Å². The number of para-hydroxylation sites is 4. The van der Waals surface area contributed by atoms with Crippen LogP contribution in [0.3, 0.4) is 0 Å². The van der Waals surface area contributed by atoms with E-state index in [1.54, 1.807) is 0 Å². The monoisotopic (exact) mass is 574 g/mol. The van der Waals surface area contributed by atoms with Crippen LogP contribution in [0.2, 0.25) is 0 Å². The standard InChI is InChI=1S/C41H26N4/c1-5-16-36-30(12-1)31-13-2-6-17-37(31)43(36)27-10-9-11-28(24-27)44-40-21-20-29(25-34(40)35-26-42-23-22-41(35)44)45-38-18-7-3-14-32(38)33-15-4-8-19-39(33)45/h1-26H. The molecule has 0 amide bonds. The first-order chi connectivity index (χ1) is 22.3. The van der Waals surface area contributed by atoms with Crippen molar-refractivity contribution in [2.24, 2.45) is 0 Å². The largest absolute Gasteiger partial charge is 0.309 e. The molecule has 0 bridgehead atoms. The molecule has 4 heterocycles. The van der Waals surface area contributed by atoms with E-state index in [0.29, 0.717) is 0 Å². The van der Waals surface area contributed by atoms with Gasteiger partial charge in [0.2, 0.25) is 0 Å². The Bertz CT molecular complexity index is 2670. The number of benzene rings is 6. The number of hydrogen-bond donors (Lipinski definition) is 0. The average molecular weight is 575 g/mol. The van der Waals surface area contributed by atoms with Crippen LogP contribution >= 0.6 is 0 Å². The predicted molar refractivity (Wildman–Crippen MR) is 187 cm³/mol. The second-order valence-electron chi connectivity index (χ2n) is 11.7. The van der Waals surface area contributed by atoms with Gasteiger partial charge in [0.1, 0.15) is 0 Å². The molecule has 4 aromatic heterocycles. The van der Waals surface area contributed by atoms with Gasteiger partial charge in [-0.1, -0.05) is 78.9 Å². The van der Waals surface area contributed by atoms with E-state index in [4.69, 9.17) is 0 Å². The van der Waals surface area contributed by atoms with E-state index >= 15 is 0 Å². The lowest BCUT2D eigenvalue weighted by atomic mass is 10.1. The first kappa shape index (κ1) is 24.3. The van der Waals surface area contributed by atoms with Gasteiger partial charge in [0.05, 0.1) is 33.1 Å². The van der Waals surface area contributed by atoms with Crippen molar-refractivity contribution in [3.8, 4) is 17.1 Å². The first-order valence-corrected chi connectivity index (χ1v) is 15.3. The van der Waals surface area contributed by atoms with E-state index in [9.17, 15) is 0 Å². The van der Waals surface area contributed by atoms with Crippen molar-refractivity contribution in [2.75, 3.05) is 0 Å². The lowest BCUT2D eigenvalue weighted by Gasteiger charge is -2.13. The summed E-state index contributed by atoms with van der Waals surface area (Å²) in [5, 5.41) is 7.37. The van der Waals surface area contributed by atoms with Crippen LogP contribution in [-0.4, -0.2) is 18.7 Å². The molecule has 4 nitrogen and oxygen atoms in total. The van der Waals surface area contributed by atoms with Gasteiger partial charge in [-0.05, 0) is 66.7 Å².